The van der Waals surface area contributed by atoms with Crippen LogP contribution in [-0.2, 0) is 17.6 Å². The number of thiophene rings is 3. The molecule has 0 radical (unpaired) electrons. The fraction of sp³-hybridized carbons (Fsp3) is 0.204. The molecule has 0 spiro atoms. The molecule has 7 N–H and O–H groups in total. The normalized spacial score (nSPS) is 13.8. The van der Waals surface area contributed by atoms with E-state index < -0.39 is 4.92 Å². The average molecular weight is 1890 g/mol. The number of non-ortho nitro benzene ring substituents is 2. The molecule has 11 heterocycles. The minimum absolute atomic E-state index is 0. The van der Waals surface area contributed by atoms with E-state index in [-0.39, 0.29) is 82.1 Å². The number of nitrogens with zero attached hydrogens (tertiary/aromatic N) is 6. The van der Waals surface area contributed by atoms with Gasteiger partial charge in [0, 0.05) is 208 Å². The molecule has 0 aliphatic carbocycles. The monoisotopic (exact) mass is 1890 g/mol. The number of aromatic amines is 4. The summed E-state index contributed by atoms with van der Waals surface area (Å²) in [5.41, 5.74) is 15.6. The van der Waals surface area contributed by atoms with Gasteiger partial charge in [0.15, 0.2) is 0 Å². The van der Waals surface area contributed by atoms with Crippen molar-refractivity contribution in [2.45, 2.75) is 69.6 Å². The van der Waals surface area contributed by atoms with Gasteiger partial charge in [0.25, 0.3) is 35.0 Å². The van der Waals surface area contributed by atoms with E-state index in [2.05, 4.69) is 68.7 Å². The number of aromatic nitrogens is 4. The first-order valence-corrected chi connectivity index (χ1v) is 44.9. The molecule has 0 unspecified atom stereocenters. The molecule has 0 atom stereocenters. The fourth-order valence-electron chi connectivity index (χ4n) is 15.8. The summed E-state index contributed by atoms with van der Waals surface area (Å²) in [6.07, 6.45) is 18.8. The van der Waals surface area contributed by atoms with Gasteiger partial charge in [-0.3, -0.25) is 49.6 Å². The van der Waals surface area contributed by atoms with E-state index in [0.29, 0.717) is 97.7 Å². The van der Waals surface area contributed by atoms with Crippen LogP contribution >= 0.6 is 82.2 Å². The van der Waals surface area contributed by atoms with E-state index in [4.69, 9.17) is 16.2 Å². The van der Waals surface area contributed by atoms with Crippen molar-refractivity contribution in [2.75, 3.05) is 58.6 Å². The molecular formula is C98H95ClIN13O9S4. The van der Waals surface area contributed by atoms with Crippen molar-refractivity contribution in [3.05, 3.63) is 369 Å². The first kappa shape index (κ1) is 92.7. The number of hydrogen-bond donors (Lipinski definition) is 7. The average Bonchev–Trinajstić information content (AvgIpc) is 1.64. The van der Waals surface area contributed by atoms with Crippen LogP contribution in [0.4, 0.5) is 11.4 Å². The number of nitro groups is 2. The molecule has 22 nitrogen and oxygen atoms in total. The van der Waals surface area contributed by atoms with Crippen molar-refractivity contribution in [3.8, 4) is 0 Å². The molecular weight excluding hydrogens is 1790 g/mol. The Labute approximate surface area is 768 Å². The highest BCUT2D eigenvalue weighted by atomic mass is 127. The molecule has 3 fully saturated rings. The lowest BCUT2D eigenvalue weighted by Crippen LogP contribution is -2.38. The maximum Gasteiger partial charge on any atom is 0.270 e. The predicted octanol–water partition coefficient (Wildman–Crippen LogP) is 22.8. The van der Waals surface area contributed by atoms with Crippen LogP contribution in [0.3, 0.4) is 0 Å². The maximum atomic E-state index is 12.8. The van der Waals surface area contributed by atoms with Crippen molar-refractivity contribution in [2.24, 2.45) is 0 Å². The number of nitrogens with one attached hydrogen (secondary N) is 7. The number of benzene rings is 8. The Morgan fingerprint density at radius 3 is 1.24 bits per heavy atom. The van der Waals surface area contributed by atoms with E-state index in [9.17, 15) is 44.2 Å². The van der Waals surface area contributed by atoms with Crippen LogP contribution in [0.1, 0.15) is 141 Å². The van der Waals surface area contributed by atoms with Crippen molar-refractivity contribution in [3.63, 3.8) is 0 Å². The van der Waals surface area contributed by atoms with Crippen LogP contribution in [0, 0.1) is 36.5 Å². The van der Waals surface area contributed by atoms with E-state index in [0.717, 1.165) is 122 Å². The second-order valence-electron chi connectivity index (χ2n) is 30.4. The SMILES string of the molecule is CSC(=N)c1cccs1.Cl.I.N=C(Cc1ccc2[nH]cc(C3CCN(C(=O)c4ccccc4)CC3)c2c1)c1cccs1.N=C(Cc1ccc2[nH]cc(C3CCN(C(=O)c4ccccc4)CC3)c2c1)c1cccs1.O=C(c1ccccc1)N1CC=C(c2c[nH]c3ccc([N+](=O)[O-])cc23)CC1.O=C1CCN(C(=O)c2ccccc2)CC1.O=[N+]([O-])c1ccc2[nH]ccc2c1. The number of nitro benzene ring substituents is 2. The van der Waals surface area contributed by atoms with Gasteiger partial charge in [-0.25, -0.2) is 0 Å². The Hall–Kier alpha value is -12.5. The lowest BCUT2D eigenvalue weighted by Gasteiger charge is -2.32. The van der Waals surface area contributed by atoms with E-state index in [1.807, 2.05) is 201 Å². The molecule has 0 saturated carbocycles. The van der Waals surface area contributed by atoms with Gasteiger partial charge in [0.1, 0.15) is 10.8 Å². The molecule has 4 amide bonds. The molecule has 126 heavy (non-hydrogen) atoms. The fourth-order valence-corrected chi connectivity index (χ4v) is 18.4. The third-order valence-electron chi connectivity index (χ3n) is 22.5. The number of carbonyl (C=O) groups excluding carboxylic acids is 5. The number of hydrogen-bond acceptors (Lipinski definition) is 16. The van der Waals surface area contributed by atoms with Gasteiger partial charge in [-0.1, -0.05) is 109 Å². The topological polar surface area (TPSA) is 319 Å². The third kappa shape index (κ3) is 23.7. The molecule has 4 aliphatic heterocycles. The number of Topliss-reactive ketones (excluding diaryl/α,β-unsaturated/α-hetero) is 1. The summed E-state index contributed by atoms with van der Waals surface area (Å²) in [6.45, 7) is 5.42. The Balaban J connectivity index is 0.000000144. The number of halogens is 2. The standard InChI is InChI=1S/2C26H25N3OS.C20H17N3O3.C12H13NO2.C8H6N2O2.C6H7NS2.ClH.HI/c2*27-23(25-7-4-14-31-25)16-18-8-9-24-21(15-18)22(17-28-24)19-10-12-29(13-11-19)26(30)20-5-2-1-3-6-20;24-20(15-4-2-1-3-5-15)22-10-8-14(9-11-22)18-13-21-19-7-6-16(23(25)26)12-17(18)19;14-11-6-8-13(9-7-11)12(15)10-4-2-1-3-5-10;11-10(12)7-1-2-8-6(5-7)3-4-9-8;1-8-6(7)5-3-2-4-9-5;;/h2*1-9,14-15,17,19,27-28H,10-13,16H2;1-8,12-13,21H,9-11H2;1-5H,6-9H2;1-5,9H;2-4,7H,1H3;2*1H. The number of rotatable bonds is 16. The third-order valence-corrected chi connectivity index (χ3v) is 26.0. The lowest BCUT2D eigenvalue weighted by atomic mass is 9.88. The highest BCUT2D eigenvalue weighted by Crippen LogP contribution is 2.38. The number of piperidine rings is 3. The highest BCUT2D eigenvalue weighted by molar-refractivity contribution is 14.0. The number of likely N-dealkylation sites (tertiary alicyclic amines) is 3. The molecule has 4 aliphatic rings. The Morgan fingerprint density at radius 1 is 0.437 bits per heavy atom. The number of H-pyrrole nitrogens is 4. The molecule has 28 heteroatoms. The summed E-state index contributed by atoms with van der Waals surface area (Å²) in [5.74, 6) is 1.46. The molecule has 3 saturated heterocycles. The molecule has 0 bridgehead atoms. The van der Waals surface area contributed by atoms with Crippen LogP contribution in [-0.4, -0.2) is 154 Å². The summed E-state index contributed by atoms with van der Waals surface area (Å²) in [5, 5.41) is 56.5. The summed E-state index contributed by atoms with van der Waals surface area (Å²) < 4.78 is 0. The zero-order valence-corrected chi connectivity index (χ0v) is 75.5. The van der Waals surface area contributed by atoms with Crippen LogP contribution < -0.4 is 0 Å². The van der Waals surface area contributed by atoms with Crippen LogP contribution in [0.2, 0.25) is 0 Å². The van der Waals surface area contributed by atoms with Gasteiger partial charge in [-0.05, 0) is 203 Å². The molecule has 19 rings (SSSR count). The van der Waals surface area contributed by atoms with Gasteiger partial charge < -0.3 is 50.4 Å². The van der Waals surface area contributed by atoms with Gasteiger partial charge >= 0.3 is 0 Å². The van der Waals surface area contributed by atoms with Crippen molar-refractivity contribution in [1.82, 2.24) is 39.5 Å². The van der Waals surface area contributed by atoms with E-state index >= 15 is 0 Å². The quantitative estimate of drug-likeness (QED) is 0.0158. The maximum absolute atomic E-state index is 12.8. The van der Waals surface area contributed by atoms with Gasteiger partial charge in [0.2, 0.25) is 0 Å². The molecule has 7 aromatic heterocycles. The largest absolute Gasteiger partial charge is 0.361 e. The summed E-state index contributed by atoms with van der Waals surface area (Å²) in [7, 11) is 0. The zero-order chi connectivity index (χ0) is 86.4. The van der Waals surface area contributed by atoms with Gasteiger partial charge in [-0.15, -0.1) is 82.2 Å². The van der Waals surface area contributed by atoms with Crippen molar-refractivity contribution in [1.29, 1.82) is 16.2 Å². The number of carbonyl (C=O) groups is 5. The summed E-state index contributed by atoms with van der Waals surface area (Å²) in [4.78, 5) is 105. The van der Waals surface area contributed by atoms with Crippen molar-refractivity contribution >= 4 is 189 Å². The van der Waals surface area contributed by atoms with Crippen LogP contribution in [0.5, 0.6) is 0 Å². The Kier molecular flexibility index (Phi) is 33.0. The first-order chi connectivity index (χ1) is 60.4. The molecule has 644 valence electrons. The highest BCUT2D eigenvalue weighted by Gasteiger charge is 2.30. The van der Waals surface area contributed by atoms with Crippen molar-refractivity contribution < 1.29 is 33.8 Å². The number of thioether (sulfide) groups is 1. The summed E-state index contributed by atoms with van der Waals surface area (Å²) in [6, 6.07) is 73.8. The number of amides is 4. The van der Waals surface area contributed by atoms with Gasteiger partial charge in [0.05, 0.1) is 26.1 Å². The zero-order valence-electron chi connectivity index (χ0n) is 69.1. The first-order valence-electron chi connectivity index (χ1n) is 41.0. The van der Waals surface area contributed by atoms with E-state index in [1.165, 1.54) is 56.9 Å². The second-order valence-corrected chi connectivity index (χ2v) is 34.0. The lowest BCUT2D eigenvalue weighted by molar-refractivity contribution is -0.384. The smallest absolute Gasteiger partial charge is 0.270 e. The molecule has 15 aromatic rings. The second kappa shape index (κ2) is 44.9. The van der Waals surface area contributed by atoms with Crippen LogP contribution in [0.25, 0.3) is 49.2 Å². The molecule has 8 aromatic carbocycles. The van der Waals surface area contributed by atoms with E-state index in [1.54, 1.807) is 81.5 Å². The number of ketones is 1. The Morgan fingerprint density at radius 2 is 0.825 bits per heavy atom. The predicted molar refractivity (Wildman–Crippen MR) is 524 cm³/mol. The minimum atomic E-state index is -0.396. The summed E-state index contributed by atoms with van der Waals surface area (Å²) >= 11 is 6.33. The number of fused-ring (bicyclic) bond motifs is 4. The Bertz CT molecular complexity index is 6080. The minimum Gasteiger partial charge on any atom is -0.361 e. The van der Waals surface area contributed by atoms with Gasteiger partial charge in [-0.2, -0.15) is 0 Å². The van der Waals surface area contributed by atoms with Crippen LogP contribution in [0.15, 0.2) is 284 Å².